The molecule has 0 unspecified atom stereocenters. The van der Waals surface area contributed by atoms with Crippen molar-refractivity contribution in [1.82, 2.24) is 9.78 Å². The Bertz CT molecular complexity index is 668. The predicted octanol–water partition coefficient (Wildman–Crippen LogP) is 2.80. The molecule has 0 radical (unpaired) electrons. The van der Waals surface area contributed by atoms with Gasteiger partial charge < -0.3 is 10.4 Å². The molecule has 1 heterocycles. The molecular weight excluding hydrogens is 278 g/mol. The van der Waals surface area contributed by atoms with Crippen LogP contribution in [-0.2, 0) is 6.54 Å². The molecule has 0 aliphatic carbocycles. The molecule has 106 valence electrons. The molecule has 6 heteroatoms. The summed E-state index contributed by atoms with van der Waals surface area (Å²) < 4.78 is 1.34. The van der Waals surface area contributed by atoms with Crippen molar-refractivity contribution < 1.29 is 5.11 Å². The summed E-state index contributed by atoms with van der Waals surface area (Å²) in [4.78, 5) is 12.0. The van der Waals surface area contributed by atoms with E-state index < -0.39 is 0 Å². The fraction of sp³-hybridized carbons (Fsp3) is 0.286. The van der Waals surface area contributed by atoms with Crippen molar-refractivity contribution in [3.05, 3.63) is 51.4 Å². The Balaban J connectivity index is 2.19. The third kappa shape index (κ3) is 3.11. The number of nitrogens with one attached hydrogen (secondary N) is 1. The molecule has 1 aromatic carbocycles. The van der Waals surface area contributed by atoms with Crippen molar-refractivity contribution in [2.45, 2.75) is 26.4 Å². The molecule has 0 fully saturated rings. The Labute approximate surface area is 121 Å². The molecule has 0 bridgehead atoms. The summed E-state index contributed by atoms with van der Waals surface area (Å²) in [6.45, 7) is 4.18. The molecule has 0 atom stereocenters. The summed E-state index contributed by atoms with van der Waals surface area (Å²) in [6, 6.07) is 6.82. The minimum atomic E-state index is -0.317. The topological polar surface area (TPSA) is 67.2 Å². The van der Waals surface area contributed by atoms with Crippen molar-refractivity contribution in [3.63, 3.8) is 0 Å². The zero-order valence-corrected chi connectivity index (χ0v) is 12.1. The number of benzene rings is 1. The Hall–Kier alpha value is -2.01. The van der Waals surface area contributed by atoms with Crippen molar-refractivity contribution in [3.8, 4) is 5.75 Å². The molecule has 0 spiro atoms. The van der Waals surface area contributed by atoms with Crippen LogP contribution in [0, 0.1) is 0 Å². The van der Waals surface area contributed by atoms with Crippen LogP contribution in [-0.4, -0.2) is 14.9 Å². The van der Waals surface area contributed by atoms with E-state index in [0.717, 1.165) is 5.56 Å². The first-order chi connectivity index (χ1) is 9.49. The van der Waals surface area contributed by atoms with E-state index in [1.807, 2.05) is 19.9 Å². The van der Waals surface area contributed by atoms with Gasteiger partial charge in [-0.2, -0.15) is 5.10 Å². The second-order valence-electron chi connectivity index (χ2n) is 4.74. The van der Waals surface area contributed by atoms with E-state index in [0.29, 0.717) is 12.2 Å². The number of hydrogen-bond donors (Lipinski definition) is 2. The second-order valence-corrected chi connectivity index (χ2v) is 5.12. The molecule has 0 saturated heterocycles. The number of rotatable bonds is 4. The Morgan fingerprint density at radius 1 is 1.45 bits per heavy atom. The van der Waals surface area contributed by atoms with E-state index in [-0.39, 0.29) is 22.4 Å². The Morgan fingerprint density at radius 2 is 2.20 bits per heavy atom. The molecule has 2 rings (SSSR count). The number of nitrogens with zero attached hydrogens (tertiary/aromatic N) is 2. The highest BCUT2D eigenvalue weighted by Crippen LogP contribution is 2.18. The largest absolute Gasteiger partial charge is 0.508 e. The SMILES string of the molecule is CC(C)n1ncc(NCc2cccc(O)c2)c(Cl)c1=O. The van der Waals surface area contributed by atoms with Gasteiger partial charge in [0, 0.05) is 6.54 Å². The van der Waals surface area contributed by atoms with Gasteiger partial charge in [0.15, 0.2) is 0 Å². The maximum absolute atomic E-state index is 12.0. The minimum Gasteiger partial charge on any atom is -0.508 e. The fourth-order valence-electron chi connectivity index (χ4n) is 1.80. The van der Waals surface area contributed by atoms with Crippen LogP contribution in [0.1, 0.15) is 25.5 Å². The molecule has 0 aliphatic heterocycles. The van der Waals surface area contributed by atoms with Gasteiger partial charge in [-0.3, -0.25) is 4.79 Å². The van der Waals surface area contributed by atoms with Gasteiger partial charge in [0.2, 0.25) is 0 Å². The van der Waals surface area contributed by atoms with E-state index in [4.69, 9.17) is 11.6 Å². The lowest BCUT2D eigenvalue weighted by atomic mass is 10.2. The zero-order valence-electron chi connectivity index (χ0n) is 11.3. The van der Waals surface area contributed by atoms with E-state index >= 15 is 0 Å². The maximum Gasteiger partial charge on any atom is 0.287 e. The zero-order chi connectivity index (χ0) is 14.7. The summed E-state index contributed by atoms with van der Waals surface area (Å²) in [7, 11) is 0. The predicted molar refractivity (Wildman–Crippen MR) is 79.3 cm³/mol. The summed E-state index contributed by atoms with van der Waals surface area (Å²) in [6.07, 6.45) is 1.53. The Morgan fingerprint density at radius 3 is 2.85 bits per heavy atom. The van der Waals surface area contributed by atoms with Gasteiger partial charge in [-0.05, 0) is 31.5 Å². The fourth-order valence-corrected chi connectivity index (χ4v) is 2.00. The highest BCUT2D eigenvalue weighted by molar-refractivity contribution is 6.32. The number of aromatic nitrogens is 2. The molecule has 0 saturated carbocycles. The van der Waals surface area contributed by atoms with Gasteiger partial charge in [-0.1, -0.05) is 23.7 Å². The van der Waals surface area contributed by atoms with Crippen LogP contribution in [0.5, 0.6) is 5.75 Å². The monoisotopic (exact) mass is 293 g/mol. The van der Waals surface area contributed by atoms with Crippen molar-refractivity contribution >= 4 is 17.3 Å². The number of anilines is 1. The van der Waals surface area contributed by atoms with Crippen LogP contribution in [0.4, 0.5) is 5.69 Å². The number of halogens is 1. The van der Waals surface area contributed by atoms with Gasteiger partial charge in [-0.15, -0.1) is 0 Å². The van der Waals surface area contributed by atoms with Crippen molar-refractivity contribution in [1.29, 1.82) is 0 Å². The standard InChI is InChI=1S/C14H16ClN3O2/c1-9(2)18-14(20)13(15)12(8-17-18)16-7-10-4-3-5-11(19)6-10/h3-6,8-9,16,19H,7H2,1-2H3. The van der Waals surface area contributed by atoms with Crippen molar-refractivity contribution in [2.24, 2.45) is 0 Å². The first-order valence-corrected chi connectivity index (χ1v) is 6.66. The Kier molecular flexibility index (Phi) is 4.29. The molecule has 20 heavy (non-hydrogen) atoms. The summed E-state index contributed by atoms with van der Waals surface area (Å²) in [5, 5.41) is 16.6. The quantitative estimate of drug-likeness (QED) is 0.909. The van der Waals surface area contributed by atoms with E-state index in [1.54, 1.807) is 18.2 Å². The summed E-state index contributed by atoms with van der Waals surface area (Å²) in [5.74, 6) is 0.198. The van der Waals surface area contributed by atoms with E-state index in [1.165, 1.54) is 10.9 Å². The molecule has 0 amide bonds. The molecule has 0 aliphatic rings. The molecule has 5 nitrogen and oxygen atoms in total. The average molecular weight is 294 g/mol. The normalized spacial score (nSPS) is 10.8. The van der Waals surface area contributed by atoms with Crippen LogP contribution in [0.25, 0.3) is 0 Å². The van der Waals surface area contributed by atoms with Crippen molar-refractivity contribution in [2.75, 3.05) is 5.32 Å². The van der Waals surface area contributed by atoms with Crippen LogP contribution in [0.3, 0.4) is 0 Å². The van der Waals surface area contributed by atoms with Crippen LogP contribution in [0.15, 0.2) is 35.3 Å². The highest BCUT2D eigenvalue weighted by Gasteiger charge is 2.10. The smallest absolute Gasteiger partial charge is 0.287 e. The first-order valence-electron chi connectivity index (χ1n) is 6.28. The number of phenols is 1. The van der Waals surface area contributed by atoms with Gasteiger partial charge >= 0.3 is 0 Å². The summed E-state index contributed by atoms with van der Waals surface area (Å²) >= 11 is 6.05. The van der Waals surface area contributed by atoms with E-state index in [9.17, 15) is 9.90 Å². The third-order valence-electron chi connectivity index (χ3n) is 2.83. The molecular formula is C14H16ClN3O2. The first kappa shape index (κ1) is 14.4. The molecule has 2 aromatic rings. The van der Waals surface area contributed by atoms with Crippen LogP contribution >= 0.6 is 11.6 Å². The maximum atomic E-state index is 12.0. The molecule has 2 N–H and O–H groups in total. The van der Waals surface area contributed by atoms with Gasteiger partial charge in [-0.25, -0.2) is 4.68 Å². The molecule has 1 aromatic heterocycles. The van der Waals surface area contributed by atoms with Gasteiger partial charge in [0.25, 0.3) is 5.56 Å². The number of hydrogen-bond acceptors (Lipinski definition) is 4. The minimum absolute atomic E-state index is 0.0416. The third-order valence-corrected chi connectivity index (χ3v) is 3.19. The lowest BCUT2D eigenvalue weighted by Gasteiger charge is -2.12. The van der Waals surface area contributed by atoms with Gasteiger partial charge in [0.1, 0.15) is 10.8 Å². The second kappa shape index (κ2) is 5.96. The van der Waals surface area contributed by atoms with E-state index in [2.05, 4.69) is 10.4 Å². The van der Waals surface area contributed by atoms with Crippen LogP contribution < -0.4 is 10.9 Å². The highest BCUT2D eigenvalue weighted by atomic mass is 35.5. The summed E-state index contributed by atoms with van der Waals surface area (Å²) in [5.41, 5.74) is 1.05. The lowest BCUT2D eigenvalue weighted by Crippen LogP contribution is -2.25. The lowest BCUT2D eigenvalue weighted by molar-refractivity contribution is 0.474. The van der Waals surface area contributed by atoms with Crippen LogP contribution in [0.2, 0.25) is 5.02 Å². The average Bonchev–Trinajstić information content (AvgIpc) is 2.40. The van der Waals surface area contributed by atoms with Gasteiger partial charge in [0.05, 0.1) is 17.9 Å². The number of phenolic OH excluding ortho intramolecular Hbond substituents is 1. The number of aromatic hydroxyl groups is 1.